The lowest BCUT2D eigenvalue weighted by Crippen LogP contribution is -2.14. The fourth-order valence-electron chi connectivity index (χ4n) is 1.75. The average Bonchev–Trinajstić information content (AvgIpc) is 2.89. The third-order valence-corrected chi connectivity index (χ3v) is 3.85. The molecule has 1 aromatic heterocycles. The molecule has 1 aromatic carbocycles. The van der Waals surface area contributed by atoms with Crippen LogP contribution in [-0.4, -0.2) is 21.9 Å². The minimum Gasteiger partial charge on any atom is -0.416 e. The lowest BCUT2D eigenvalue weighted by atomic mass is 10.1. The maximum atomic E-state index is 11.9. The third-order valence-electron chi connectivity index (χ3n) is 3.03. The summed E-state index contributed by atoms with van der Waals surface area (Å²) in [6.45, 7) is 6.11. The standard InChI is InChI=1S/C15H19N3O2S/c1-4-5-14-17-18-15(20-14)21-9-13(19)16-12-7-6-10(2)11(3)8-12/h6-8H,4-5,9H2,1-3H3,(H,16,19). The number of anilines is 1. The molecule has 0 atom stereocenters. The summed E-state index contributed by atoms with van der Waals surface area (Å²) in [7, 11) is 0. The molecule has 21 heavy (non-hydrogen) atoms. The van der Waals surface area contributed by atoms with Gasteiger partial charge in [-0.05, 0) is 43.5 Å². The fourth-order valence-corrected chi connectivity index (χ4v) is 2.34. The van der Waals surface area contributed by atoms with E-state index in [1.165, 1.54) is 17.3 Å². The van der Waals surface area contributed by atoms with Crippen molar-refractivity contribution in [2.75, 3.05) is 11.1 Å². The van der Waals surface area contributed by atoms with Gasteiger partial charge in [-0.3, -0.25) is 4.79 Å². The van der Waals surface area contributed by atoms with Crippen LogP contribution in [0.1, 0.15) is 30.4 Å². The summed E-state index contributed by atoms with van der Waals surface area (Å²) in [5.41, 5.74) is 3.17. The van der Waals surface area contributed by atoms with Crippen molar-refractivity contribution in [1.29, 1.82) is 0 Å². The Hall–Kier alpha value is -1.82. The summed E-state index contributed by atoms with van der Waals surface area (Å²) in [6.07, 6.45) is 1.72. The molecule has 2 aromatic rings. The largest absolute Gasteiger partial charge is 0.416 e. The Kier molecular flexibility index (Phi) is 5.38. The van der Waals surface area contributed by atoms with Crippen molar-refractivity contribution in [3.63, 3.8) is 0 Å². The number of amides is 1. The summed E-state index contributed by atoms with van der Waals surface area (Å²) in [5.74, 6) is 0.786. The number of aromatic nitrogens is 2. The number of hydrogen-bond acceptors (Lipinski definition) is 5. The number of aryl methyl sites for hydroxylation is 3. The van der Waals surface area contributed by atoms with Crippen LogP contribution in [0.4, 0.5) is 5.69 Å². The second-order valence-corrected chi connectivity index (χ2v) is 5.77. The van der Waals surface area contributed by atoms with E-state index in [1.54, 1.807) is 0 Å². The van der Waals surface area contributed by atoms with E-state index < -0.39 is 0 Å². The quantitative estimate of drug-likeness (QED) is 0.829. The molecule has 0 fully saturated rings. The predicted molar refractivity (Wildman–Crippen MR) is 83.6 cm³/mol. The van der Waals surface area contributed by atoms with Crippen molar-refractivity contribution in [3.8, 4) is 0 Å². The van der Waals surface area contributed by atoms with E-state index >= 15 is 0 Å². The zero-order chi connectivity index (χ0) is 15.2. The van der Waals surface area contributed by atoms with Gasteiger partial charge in [0.1, 0.15) is 0 Å². The van der Waals surface area contributed by atoms with Crippen LogP contribution in [0.2, 0.25) is 0 Å². The molecule has 5 nitrogen and oxygen atoms in total. The number of carbonyl (C=O) groups excluding carboxylic acids is 1. The van der Waals surface area contributed by atoms with E-state index in [2.05, 4.69) is 15.5 Å². The Balaban J connectivity index is 1.85. The Bertz CT molecular complexity index is 625. The first-order valence-electron chi connectivity index (χ1n) is 6.90. The smallest absolute Gasteiger partial charge is 0.277 e. The zero-order valence-corrected chi connectivity index (χ0v) is 13.3. The number of carbonyl (C=O) groups is 1. The SMILES string of the molecule is CCCc1nnc(SCC(=O)Nc2ccc(C)c(C)c2)o1. The molecular formula is C15H19N3O2S. The number of nitrogens with one attached hydrogen (secondary N) is 1. The lowest BCUT2D eigenvalue weighted by Gasteiger charge is -2.06. The van der Waals surface area contributed by atoms with Gasteiger partial charge in [0.05, 0.1) is 5.75 Å². The zero-order valence-electron chi connectivity index (χ0n) is 12.5. The van der Waals surface area contributed by atoms with E-state index in [9.17, 15) is 4.79 Å². The van der Waals surface area contributed by atoms with Crippen LogP contribution in [0.3, 0.4) is 0 Å². The van der Waals surface area contributed by atoms with Crippen LogP contribution in [0.5, 0.6) is 0 Å². The summed E-state index contributed by atoms with van der Waals surface area (Å²) < 4.78 is 5.42. The van der Waals surface area contributed by atoms with Gasteiger partial charge in [0, 0.05) is 12.1 Å². The normalized spacial score (nSPS) is 10.6. The van der Waals surface area contributed by atoms with Crippen LogP contribution in [0.15, 0.2) is 27.8 Å². The van der Waals surface area contributed by atoms with Gasteiger partial charge in [0.15, 0.2) is 0 Å². The second kappa shape index (κ2) is 7.26. The fraction of sp³-hybridized carbons (Fsp3) is 0.400. The highest BCUT2D eigenvalue weighted by atomic mass is 32.2. The number of benzene rings is 1. The first-order valence-corrected chi connectivity index (χ1v) is 7.89. The summed E-state index contributed by atoms with van der Waals surface area (Å²) in [5, 5.41) is 11.1. The van der Waals surface area contributed by atoms with Gasteiger partial charge in [0.2, 0.25) is 11.8 Å². The van der Waals surface area contributed by atoms with E-state index in [-0.39, 0.29) is 11.7 Å². The number of hydrogen-bond donors (Lipinski definition) is 1. The van der Waals surface area contributed by atoms with Crippen LogP contribution in [-0.2, 0) is 11.2 Å². The van der Waals surface area contributed by atoms with E-state index in [4.69, 9.17) is 4.42 Å². The van der Waals surface area contributed by atoms with Crippen LogP contribution in [0.25, 0.3) is 0 Å². The molecule has 0 spiro atoms. The van der Waals surface area contributed by atoms with Gasteiger partial charge in [-0.2, -0.15) is 0 Å². The van der Waals surface area contributed by atoms with E-state index in [0.29, 0.717) is 11.1 Å². The Morgan fingerprint density at radius 2 is 2.10 bits per heavy atom. The van der Waals surface area contributed by atoms with E-state index in [1.807, 2.05) is 39.0 Å². The van der Waals surface area contributed by atoms with Gasteiger partial charge in [-0.25, -0.2) is 0 Å². The summed E-state index contributed by atoms with van der Waals surface area (Å²) in [6, 6.07) is 5.86. The van der Waals surface area contributed by atoms with Gasteiger partial charge in [-0.1, -0.05) is 24.8 Å². The monoisotopic (exact) mass is 305 g/mol. The van der Waals surface area contributed by atoms with Crippen LogP contribution < -0.4 is 5.32 Å². The number of thioether (sulfide) groups is 1. The minimum absolute atomic E-state index is 0.0847. The molecule has 0 saturated heterocycles. The van der Waals surface area contributed by atoms with Crippen molar-refractivity contribution < 1.29 is 9.21 Å². The first kappa shape index (κ1) is 15.6. The molecule has 0 radical (unpaired) electrons. The average molecular weight is 305 g/mol. The van der Waals surface area contributed by atoms with Crippen molar-refractivity contribution in [2.45, 2.75) is 38.8 Å². The highest BCUT2D eigenvalue weighted by Crippen LogP contribution is 2.18. The van der Waals surface area contributed by atoms with Crippen molar-refractivity contribution in [2.24, 2.45) is 0 Å². The van der Waals surface area contributed by atoms with Gasteiger partial charge in [0.25, 0.3) is 5.22 Å². The molecule has 112 valence electrons. The lowest BCUT2D eigenvalue weighted by molar-refractivity contribution is -0.113. The van der Waals surface area contributed by atoms with Crippen LogP contribution in [0, 0.1) is 13.8 Å². The molecule has 1 heterocycles. The Morgan fingerprint density at radius 1 is 1.29 bits per heavy atom. The number of rotatable bonds is 6. The van der Waals surface area contributed by atoms with Crippen molar-refractivity contribution >= 4 is 23.4 Å². The topological polar surface area (TPSA) is 68.0 Å². The summed E-state index contributed by atoms with van der Waals surface area (Å²) in [4.78, 5) is 11.9. The maximum Gasteiger partial charge on any atom is 0.277 e. The molecular weight excluding hydrogens is 286 g/mol. The molecule has 0 saturated carbocycles. The molecule has 0 bridgehead atoms. The van der Waals surface area contributed by atoms with E-state index in [0.717, 1.165) is 24.1 Å². The molecule has 0 unspecified atom stereocenters. The third kappa shape index (κ3) is 4.60. The van der Waals surface area contributed by atoms with Crippen molar-refractivity contribution in [3.05, 3.63) is 35.2 Å². The predicted octanol–water partition coefficient (Wildman–Crippen LogP) is 3.37. The highest BCUT2D eigenvalue weighted by molar-refractivity contribution is 7.99. The molecule has 2 rings (SSSR count). The molecule has 1 amide bonds. The van der Waals surface area contributed by atoms with Crippen LogP contribution >= 0.6 is 11.8 Å². The Labute approximate surface area is 128 Å². The number of nitrogens with zero attached hydrogens (tertiary/aromatic N) is 2. The maximum absolute atomic E-state index is 11.9. The molecule has 0 aliphatic carbocycles. The molecule has 1 N–H and O–H groups in total. The van der Waals surface area contributed by atoms with Gasteiger partial charge < -0.3 is 9.73 Å². The summed E-state index contributed by atoms with van der Waals surface area (Å²) >= 11 is 1.25. The molecule has 0 aliphatic rings. The van der Waals surface area contributed by atoms with Crippen molar-refractivity contribution in [1.82, 2.24) is 10.2 Å². The Morgan fingerprint density at radius 3 is 2.81 bits per heavy atom. The molecule has 0 aliphatic heterocycles. The minimum atomic E-state index is -0.0847. The molecule has 6 heteroatoms. The highest BCUT2D eigenvalue weighted by Gasteiger charge is 2.09. The second-order valence-electron chi connectivity index (χ2n) is 4.85. The van der Waals surface area contributed by atoms with Gasteiger partial charge >= 0.3 is 0 Å². The van der Waals surface area contributed by atoms with Gasteiger partial charge in [-0.15, -0.1) is 10.2 Å². The first-order chi connectivity index (χ1) is 10.1.